The van der Waals surface area contributed by atoms with E-state index in [1.807, 2.05) is 31.3 Å². The van der Waals surface area contributed by atoms with Crippen molar-refractivity contribution in [3.05, 3.63) is 68.7 Å². The lowest BCUT2D eigenvalue weighted by Crippen LogP contribution is -2.04. The Hall–Kier alpha value is -1.56. The number of benzene rings is 2. The van der Waals surface area contributed by atoms with Crippen molar-refractivity contribution in [2.75, 3.05) is 7.05 Å². The second-order valence-corrected chi connectivity index (χ2v) is 5.98. The van der Waals surface area contributed by atoms with Crippen LogP contribution in [0.2, 0.25) is 5.02 Å². The number of thioether (sulfide) groups is 1. The van der Waals surface area contributed by atoms with Gasteiger partial charge in [-0.05, 0) is 36.9 Å². The van der Waals surface area contributed by atoms with Crippen LogP contribution in [0.4, 0.5) is 5.69 Å². The highest BCUT2D eigenvalue weighted by atomic mass is 35.5. The summed E-state index contributed by atoms with van der Waals surface area (Å²) in [7, 11) is 1.90. The van der Waals surface area contributed by atoms with Gasteiger partial charge in [-0.3, -0.25) is 10.1 Å². The van der Waals surface area contributed by atoms with Crippen molar-refractivity contribution in [2.24, 2.45) is 0 Å². The summed E-state index contributed by atoms with van der Waals surface area (Å²) in [6, 6.07) is 12.8. The second kappa shape index (κ2) is 7.45. The minimum absolute atomic E-state index is 0.110. The number of hydrogen-bond donors (Lipinski definition) is 1. The highest BCUT2D eigenvalue weighted by molar-refractivity contribution is 7.98. The topological polar surface area (TPSA) is 55.2 Å². The standard InChI is InChI=1S/C15H15ClN2O2S/c1-17-9-11-2-5-14(6-3-11)21-10-12-8-13(16)4-7-15(12)18(19)20/h2-8,17H,9-10H2,1H3. The highest BCUT2D eigenvalue weighted by Crippen LogP contribution is 2.30. The first-order valence-corrected chi connectivity index (χ1v) is 7.75. The highest BCUT2D eigenvalue weighted by Gasteiger charge is 2.13. The van der Waals surface area contributed by atoms with E-state index in [1.165, 1.54) is 11.6 Å². The average molecular weight is 323 g/mol. The Morgan fingerprint density at radius 2 is 1.95 bits per heavy atom. The monoisotopic (exact) mass is 322 g/mol. The Kier molecular flexibility index (Phi) is 5.61. The molecule has 0 aliphatic heterocycles. The molecule has 0 radical (unpaired) electrons. The third-order valence-electron chi connectivity index (χ3n) is 2.94. The van der Waals surface area contributed by atoms with Crippen LogP contribution in [0, 0.1) is 10.1 Å². The van der Waals surface area contributed by atoms with Crippen LogP contribution >= 0.6 is 23.4 Å². The maximum absolute atomic E-state index is 11.0. The van der Waals surface area contributed by atoms with Crippen LogP contribution in [0.5, 0.6) is 0 Å². The first kappa shape index (κ1) is 15.8. The van der Waals surface area contributed by atoms with Gasteiger partial charge >= 0.3 is 0 Å². The number of nitrogens with one attached hydrogen (secondary N) is 1. The number of rotatable bonds is 6. The first-order chi connectivity index (χ1) is 10.1. The molecule has 1 N–H and O–H groups in total. The van der Waals surface area contributed by atoms with Crippen molar-refractivity contribution in [3.8, 4) is 0 Å². The fraction of sp³-hybridized carbons (Fsp3) is 0.200. The third-order valence-corrected chi connectivity index (χ3v) is 4.23. The third kappa shape index (κ3) is 4.46. The summed E-state index contributed by atoms with van der Waals surface area (Å²) in [5, 5.41) is 14.6. The van der Waals surface area contributed by atoms with Crippen LogP contribution in [0.15, 0.2) is 47.4 Å². The van der Waals surface area contributed by atoms with Crippen LogP contribution in [-0.4, -0.2) is 12.0 Å². The number of nitro benzene ring substituents is 1. The molecule has 0 unspecified atom stereocenters. The molecule has 0 spiro atoms. The van der Waals surface area contributed by atoms with E-state index in [1.54, 1.807) is 23.9 Å². The Morgan fingerprint density at radius 3 is 2.57 bits per heavy atom. The summed E-state index contributed by atoms with van der Waals surface area (Å²) >= 11 is 7.48. The lowest BCUT2D eigenvalue weighted by Gasteiger charge is -2.05. The fourth-order valence-electron chi connectivity index (χ4n) is 1.92. The summed E-state index contributed by atoms with van der Waals surface area (Å²) in [5.41, 5.74) is 1.95. The molecule has 110 valence electrons. The molecule has 0 fully saturated rings. The zero-order valence-electron chi connectivity index (χ0n) is 11.5. The van der Waals surface area contributed by atoms with Gasteiger partial charge in [0.15, 0.2) is 0 Å². The molecule has 0 bridgehead atoms. The van der Waals surface area contributed by atoms with E-state index in [2.05, 4.69) is 5.32 Å². The van der Waals surface area contributed by atoms with Gasteiger partial charge in [-0.25, -0.2) is 0 Å². The number of halogens is 1. The molecule has 0 amide bonds. The summed E-state index contributed by atoms with van der Waals surface area (Å²) < 4.78 is 0. The number of nitro groups is 1. The number of hydrogen-bond acceptors (Lipinski definition) is 4. The van der Waals surface area contributed by atoms with Crippen molar-refractivity contribution in [1.29, 1.82) is 0 Å². The van der Waals surface area contributed by atoms with E-state index in [9.17, 15) is 10.1 Å². The average Bonchev–Trinajstić information content (AvgIpc) is 2.46. The molecule has 0 saturated carbocycles. The van der Waals surface area contributed by atoms with E-state index in [0.717, 1.165) is 11.4 Å². The Balaban J connectivity index is 2.08. The predicted octanol–water partition coefficient (Wildman–Crippen LogP) is 4.26. The van der Waals surface area contributed by atoms with Gasteiger partial charge in [-0.15, -0.1) is 11.8 Å². The maximum Gasteiger partial charge on any atom is 0.273 e. The fourth-order valence-corrected chi connectivity index (χ4v) is 2.99. The molecule has 2 rings (SSSR count). The molecule has 0 aliphatic carbocycles. The molecule has 4 nitrogen and oxygen atoms in total. The minimum Gasteiger partial charge on any atom is -0.316 e. The van der Waals surface area contributed by atoms with Crippen LogP contribution < -0.4 is 5.32 Å². The lowest BCUT2D eigenvalue weighted by molar-refractivity contribution is -0.385. The zero-order valence-corrected chi connectivity index (χ0v) is 13.1. The van der Waals surface area contributed by atoms with Gasteiger partial charge in [0.25, 0.3) is 5.69 Å². The van der Waals surface area contributed by atoms with Gasteiger partial charge in [-0.1, -0.05) is 23.7 Å². The van der Waals surface area contributed by atoms with Crippen molar-refractivity contribution in [2.45, 2.75) is 17.2 Å². The van der Waals surface area contributed by atoms with Gasteiger partial charge in [0.2, 0.25) is 0 Å². The van der Waals surface area contributed by atoms with Gasteiger partial charge in [0.05, 0.1) is 4.92 Å². The molecule has 0 heterocycles. The molecule has 2 aromatic carbocycles. The van der Waals surface area contributed by atoms with E-state index in [0.29, 0.717) is 16.3 Å². The largest absolute Gasteiger partial charge is 0.316 e. The predicted molar refractivity (Wildman–Crippen MR) is 86.9 cm³/mol. The van der Waals surface area contributed by atoms with Crippen LogP contribution in [0.25, 0.3) is 0 Å². The normalized spacial score (nSPS) is 10.6. The van der Waals surface area contributed by atoms with Crippen LogP contribution in [0.1, 0.15) is 11.1 Å². The molecule has 2 aromatic rings. The molecular formula is C15H15ClN2O2S. The molecule has 0 aliphatic rings. The quantitative estimate of drug-likeness (QED) is 0.490. The Labute approximate surface area is 132 Å². The Morgan fingerprint density at radius 1 is 1.24 bits per heavy atom. The van der Waals surface area contributed by atoms with Gasteiger partial charge in [-0.2, -0.15) is 0 Å². The van der Waals surface area contributed by atoms with Crippen molar-refractivity contribution < 1.29 is 4.92 Å². The zero-order chi connectivity index (χ0) is 15.2. The van der Waals surface area contributed by atoms with E-state index >= 15 is 0 Å². The molecule has 0 saturated heterocycles. The molecule has 0 atom stereocenters. The molecule has 0 aromatic heterocycles. The van der Waals surface area contributed by atoms with Gasteiger partial charge in [0, 0.05) is 33.8 Å². The number of nitrogens with zero attached hydrogens (tertiary/aromatic N) is 1. The van der Waals surface area contributed by atoms with Crippen LogP contribution in [-0.2, 0) is 12.3 Å². The first-order valence-electron chi connectivity index (χ1n) is 6.39. The second-order valence-electron chi connectivity index (χ2n) is 4.49. The van der Waals surface area contributed by atoms with Crippen molar-refractivity contribution >= 4 is 29.1 Å². The van der Waals surface area contributed by atoms with E-state index in [4.69, 9.17) is 11.6 Å². The Bertz CT molecular complexity index is 632. The summed E-state index contributed by atoms with van der Waals surface area (Å²) in [4.78, 5) is 11.7. The van der Waals surface area contributed by atoms with Gasteiger partial charge in [0.1, 0.15) is 0 Å². The van der Waals surface area contributed by atoms with E-state index < -0.39 is 0 Å². The molecular weight excluding hydrogens is 308 g/mol. The smallest absolute Gasteiger partial charge is 0.273 e. The summed E-state index contributed by atoms with van der Waals surface area (Å²) in [6.07, 6.45) is 0. The minimum atomic E-state index is -0.373. The van der Waals surface area contributed by atoms with Crippen molar-refractivity contribution in [1.82, 2.24) is 5.32 Å². The van der Waals surface area contributed by atoms with E-state index in [-0.39, 0.29) is 10.6 Å². The summed E-state index contributed by atoms with van der Waals surface area (Å²) in [5.74, 6) is 0.516. The summed E-state index contributed by atoms with van der Waals surface area (Å²) in [6.45, 7) is 0.824. The molecule has 21 heavy (non-hydrogen) atoms. The van der Waals surface area contributed by atoms with Crippen LogP contribution in [0.3, 0.4) is 0 Å². The van der Waals surface area contributed by atoms with Gasteiger partial charge < -0.3 is 5.32 Å². The SMILES string of the molecule is CNCc1ccc(SCc2cc(Cl)ccc2[N+](=O)[O-])cc1. The lowest BCUT2D eigenvalue weighted by atomic mass is 10.2. The molecule has 6 heteroatoms. The van der Waals surface area contributed by atoms with Crippen molar-refractivity contribution in [3.63, 3.8) is 0 Å². The maximum atomic E-state index is 11.0.